The summed E-state index contributed by atoms with van der Waals surface area (Å²) in [5.74, 6) is -0.868. The van der Waals surface area contributed by atoms with E-state index in [2.05, 4.69) is 5.32 Å². The van der Waals surface area contributed by atoms with E-state index in [-0.39, 0.29) is 18.0 Å². The highest BCUT2D eigenvalue weighted by molar-refractivity contribution is 7.92. The molecule has 0 heterocycles. The number of methoxy groups -OCH3 is 1. The summed E-state index contributed by atoms with van der Waals surface area (Å²) in [4.78, 5) is 28.2. The molecule has 3 aromatic carbocycles. The van der Waals surface area contributed by atoms with Crippen molar-refractivity contribution in [3.05, 3.63) is 94.5 Å². The number of carbonyl (C=O) groups is 2. The molecule has 3 rings (SSSR count). The van der Waals surface area contributed by atoms with Crippen molar-refractivity contribution >= 4 is 39.1 Å². The maximum atomic E-state index is 13.9. The molecule has 0 bridgehead atoms. The van der Waals surface area contributed by atoms with Crippen LogP contribution in [-0.2, 0) is 38.8 Å². The van der Waals surface area contributed by atoms with E-state index in [4.69, 9.17) is 16.3 Å². The van der Waals surface area contributed by atoms with Gasteiger partial charge in [0.1, 0.15) is 18.3 Å². The average Bonchev–Trinajstić information content (AvgIpc) is 2.93. The molecule has 0 aliphatic carbocycles. The Bertz CT molecular complexity index is 1490. The molecule has 13 heteroatoms. The molecule has 0 aliphatic rings. The van der Waals surface area contributed by atoms with Gasteiger partial charge in [0.2, 0.25) is 21.8 Å². The van der Waals surface area contributed by atoms with Crippen molar-refractivity contribution in [3.8, 4) is 5.75 Å². The van der Waals surface area contributed by atoms with Gasteiger partial charge in [0.25, 0.3) is 0 Å². The van der Waals surface area contributed by atoms with Crippen LogP contribution in [0.5, 0.6) is 5.75 Å². The van der Waals surface area contributed by atoms with Crippen molar-refractivity contribution in [3.63, 3.8) is 0 Å². The molecule has 0 aliphatic heterocycles. The molecule has 0 saturated heterocycles. The molecule has 0 spiro atoms. The lowest BCUT2D eigenvalue weighted by Crippen LogP contribution is -2.52. The third-order valence-electron chi connectivity index (χ3n) is 6.23. The topological polar surface area (TPSA) is 96.0 Å². The summed E-state index contributed by atoms with van der Waals surface area (Å²) < 4.78 is 71.8. The lowest BCUT2D eigenvalue weighted by atomic mass is 10.0. The number of carbonyl (C=O) groups excluding carboxylic acids is 2. The number of hydrogen-bond donors (Lipinski definition) is 1. The SMILES string of the molecule is CNC(=O)C(Cc1ccccc1)N(Cc1cccc(OC)c1)C(=O)CN(c1cc(C(F)(F)F)ccc1Cl)S(C)(=O)=O. The van der Waals surface area contributed by atoms with Crippen LogP contribution in [0.1, 0.15) is 16.7 Å². The third kappa shape index (κ3) is 8.37. The van der Waals surface area contributed by atoms with Gasteiger partial charge in [-0.3, -0.25) is 13.9 Å². The number of alkyl halides is 3. The second kappa shape index (κ2) is 13.3. The largest absolute Gasteiger partial charge is 0.497 e. The Morgan fingerprint density at radius 3 is 2.24 bits per heavy atom. The van der Waals surface area contributed by atoms with E-state index in [0.717, 1.165) is 17.9 Å². The van der Waals surface area contributed by atoms with Gasteiger partial charge in [0, 0.05) is 20.0 Å². The minimum atomic E-state index is -4.79. The van der Waals surface area contributed by atoms with Gasteiger partial charge >= 0.3 is 6.18 Å². The number of hydrogen-bond acceptors (Lipinski definition) is 5. The van der Waals surface area contributed by atoms with E-state index >= 15 is 0 Å². The van der Waals surface area contributed by atoms with Crippen LogP contribution in [0.3, 0.4) is 0 Å². The van der Waals surface area contributed by atoms with Crippen LogP contribution in [0, 0.1) is 0 Å². The molecule has 220 valence electrons. The van der Waals surface area contributed by atoms with Gasteiger partial charge in [-0.25, -0.2) is 8.42 Å². The normalized spacial score (nSPS) is 12.4. The lowest BCUT2D eigenvalue weighted by molar-refractivity contribution is -0.139. The number of sulfonamides is 1. The number of rotatable bonds is 11. The van der Waals surface area contributed by atoms with E-state index in [1.807, 2.05) is 0 Å². The zero-order chi connectivity index (χ0) is 30.4. The third-order valence-corrected chi connectivity index (χ3v) is 7.67. The van der Waals surface area contributed by atoms with Gasteiger partial charge in [-0.2, -0.15) is 13.2 Å². The summed E-state index contributed by atoms with van der Waals surface area (Å²) in [6.45, 7) is -1.04. The van der Waals surface area contributed by atoms with Crippen LogP contribution in [0.4, 0.5) is 18.9 Å². The predicted molar refractivity (Wildman–Crippen MR) is 150 cm³/mol. The molecular formula is C28H29ClF3N3O5S. The fourth-order valence-electron chi connectivity index (χ4n) is 4.16. The summed E-state index contributed by atoms with van der Waals surface area (Å²) in [6.07, 6.45) is -3.95. The molecule has 41 heavy (non-hydrogen) atoms. The highest BCUT2D eigenvalue weighted by atomic mass is 35.5. The number of ether oxygens (including phenoxy) is 1. The quantitative estimate of drug-likeness (QED) is 0.344. The van der Waals surface area contributed by atoms with Crippen LogP contribution in [0.15, 0.2) is 72.8 Å². The predicted octanol–water partition coefficient (Wildman–Crippen LogP) is 4.52. The minimum absolute atomic E-state index is 0.0827. The van der Waals surface area contributed by atoms with Crippen molar-refractivity contribution in [2.45, 2.75) is 25.2 Å². The maximum absolute atomic E-state index is 13.9. The van der Waals surface area contributed by atoms with Crippen molar-refractivity contribution in [1.29, 1.82) is 0 Å². The Hall–Kier alpha value is -3.77. The van der Waals surface area contributed by atoms with Crippen molar-refractivity contribution in [2.75, 3.05) is 31.3 Å². The fourth-order valence-corrected chi connectivity index (χ4v) is 5.29. The van der Waals surface area contributed by atoms with E-state index in [9.17, 15) is 31.2 Å². The molecule has 3 aromatic rings. The van der Waals surface area contributed by atoms with E-state index in [1.54, 1.807) is 54.6 Å². The Morgan fingerprint density at radius 2 is 1.66 bits per heavy atom. The zero-order valence-electron chi connectivity index (χ0n) is 22.5. The molecule has 1 N–H and O–H groups in total. The van der Waals surface area contributed by atoms with Gasteiger partial charge in [-0.1, -0.05) is 54.1 Å². The van der Waals surface area contributed by atoms with Crippen molar-refractivity contribution in [1.82, 2.24) is 10.2 Å². The monoisotopic (exact) mass is 611 g/mol. The van der Waals surface area contributed by atoms with Gasteiger partial charge in [0.15, 0.2) is 0 Å². The Balaban J connectivity index is 2.10. The maximum Gasteiger partial charge on any atom is 0.416 e. The number of anilines is 1. The first-order valence-corrected chi connectivity index (χ1v) is 14.5. The molecular weight excluding hydrogens is 583 g/mol. The van der Waals surface area contributed by atoms with Gasteiger partial charge in [0.05, 0.1) is 29.6 Å². The van der Waals surface area contributed by atoms with Crippen molar-refractivity contribution in [2.24, 2.45) is 0 Å². The summed E-state index contributed by atoms with van der Waals surface area (Å²) >= 11 is 6.14. The Kier molecular flexibility index (Phi) is 10.3. The van der Waals surface area contributed by atoms with Crippen LogP contribution >= 0.6 is 11.6 Å². The number of nitrogens with one attached hydrogen (secondary N) is 1. The summed E-state index contributed by atoms with van der Waals surface area (Å²) in [5, 5.41) is 2.24. The van der Waals surface area contributed by atoms with Crippen molar-refractivity contribution < 1.29 is 35.9 Å². The first-order chi connectivity index (χ1) is 19.2. The molecule has 0 saturated carbocycles. The van der Waals surface area contributed by atoms with Gasteiger partial charge in [-0.15, -0.1) is 0 Å². The standard InChI is InChI=1S/C28H29ClF3N3O5S/c1-33-27(37)25(15-19-8-5-4-6-9-19)34(17-20-10-7-11-22(14-20)40-2)26(36)18-35(41(3,38)39)24-16-21(28(30,31)32)12-13-23(24)29/h4-14,16,25H,15,17-18H2,1-3H3,(H,33,37). The highest BCUT2D eigenvalue weighted by Crippen LogP contribution is 2.36. The molecule has 0 aromatic heterocycles. The zero-order valence-corrected chi connectivity index (χ0v) is 24.1. The number of nitrogens with zero attached hydrogens (tertiary/aromatic N) is 2. The van der Waals surface area contributed by atoms with Crippen LogP contribution in [0.2, 0.25) is 5.02 Å². The first kappa shape index (κ1) is 31.8. The van der Waals surface area contributed by atoms with E-state index in [1.165, 1.54) is 19.1 Å². The number of benzene rings is 3. The second-order valence-electron chi connectivity index (χ2n) is 9.13. The van der Waals surface area contributed by atoms with Crippen LogP contribution < -0.4 is 14.4 Å². The number of halogens is 4. The molecule has 2 amide bonds. The lowest BCUT2D eigenvalue weighted by Gasteiger charge is -2.33. The molecule has 0 radical (unpaired) electrons. The Labute approximate surface area is 241 Å². The smallest absolute Gasteiger partial charge is 0.416 e. The van der Waals surface area contributed by atoms with Gasteiger partial charge < -0.3 is 15.0 Å². The van der Waals surface area contributed by atoms with Crippen LogP contribution in [-0.4, -0.2) is 58.1 Å². The summed E-state index contributed by atoms with van der Waals surface area (Å²) in [6, 6.07) is 16.7. The minimum Gasteiger partial charge on any atom is -0.497 e. The average molecular weight is 612 g/mol. The van der Waals surface area contributed by atoms with Gasteiger partial charge in [-0.05, 0) is 41.5 Å². The molecule has 0 fully saturated rings. The van der Waals surface area contributed by atoms with E-state index < -0.39 is 51.9 Å². The summed E-state index contributed by atoms with van der Waals surface area (Å²) in [5.41, 5.74) is -0.357. The first-order valence-electron chi connectivity index (χ1n) is 12.3. The second-order valence-corrected chi connectivity index (χ2v) is 11.4. The highest BCUT2D eigenvalue weighted by Gasteiger charge is 2.35. The Morgan fingerprint density at radius 1 is 1.00 bits per heavy atom. The summed E-state index contributed by atoms with van der Waals surface area (Å²) in [7, 11) is -1.44. The molecule has 1 atom stereocenters. The number of likely N-dealkylation sites (N-methyl/N-ethyl adjacent to an activating group) is 1. The number of amides is 2. The van der Waals surface area contributed by atoms with Crippen LogP contribution in [0.25, 0.3) is 0 Å². The fraction of sp³-hybridized carbons (Fsp3) is 0.286. The molecule has 8 nitrogen and oxygen atoms in total. The van der Waals surface area contributed by atoms with E-state index in [0.29, 0.717) is 27.8 Å². The molecule has 1 unspecified atom stereocenters.